The van der Waals surface area contributed by atoms with Crippen molar-refractivity contribution in [3.05, 3.63) is 56.0 Å². The molecule has 0 unspecified atom stereocenters. The summed E-state index contributed by atoms with van der Waals surface area (Å²) in [7, 11) is 0. The van der Waals surface area contributed by atoms with Crippen molar-refractivity contribution in [2.24, 2.45) is 0 Å². The van der Waals surface area contributed by atoms with Crippen LogP contribution in [-0.4, -0.2) is 17.5 Å². The Balaban J connectivity index is 0.00000220. The first kappa shape index (κ1) is 17.1. The van der Waals surface area contributed by atoms with Gasteiger partial charge in [-0.2, -0.15) is 0 Å². The molecule has 2 rings (SSSR count). The number of hydrogen-bond donors (Lipinski definition) is 0. The van der Waals surface area contributed by atoms with Crippen LogP contribution in [0.3, 0.4) is 0 Å². The number of ether oxygens (including phenoxy) is 1. The van der Waals surface area contributed by atoms with E-state index in [1.165, 1.54) is 24.3 Å². The highest BCUT2D eigenvalue weighted by molar-refractivity contribution is 7.09. The third-order valence-corrected chi connectivity index (χ3v) is 3.78. The molecular formula is C13H13ClN2O4S. The first-order valence-corrected chi connectivity index (χ1v) is 6.82. The molecule has 0 radical (unpaired) electrons. The summed E-state index contributed by atoms with van der Waals surface area (Å²) < 4.78 is 5.12. The minimum Gasteiger partial charge on any atom is -1.00 e. The molecule has 0 fully saturated rings. The SMILES string of the molecule is Cc1[nH+]csc1CCOC(=O)c1cccc([N+](=O)[O-])c1.[Cl-]. The molecule has 6 nitrogen and oxygen atoms in total. The number of hydrogen-bond acceptors (Lipinski definition) is 5. The second-order valence-corrected chi connectivity index (χ2v) is 5.09. The molecule has 0 aliphatic heterocycles. The summed E-state index contributed by atoms with van der Waals surface area (Å²) in [6.07, 6.45) is 0.626. The van der Waals surface area contributed by atoms with Gasteiger partial charge in [0, 0.05) is 25.5 Å². The van der Waals surface area contributed by atoms with Crippen LogP contribution >= 0.6 is 11.3 Å². The Morgan fingerprint density at radius 3 is 2.86 bits per heavy atom. The van der Waals surface area contributed by atoms with Crippen LogP contribution in [0.1, 0.15) is 20.9 Å². The minimum absolute atomic E-state index is 0. The van der Waals surface area contributed by atoms with Gasteiger partial charge in [-0.05, 0) is 6.07 Å². The number of aromatic amines is 1. The van der Waals surface area contributed by atoms with Crippen LogP contribution < -0.4 is 17.4 Å². The number of aromatic nitrogens is 1. The summed E-state index contributed by atoms with van der Waals surface area (Å²) in [5, 5.41) is 10.6. The Morgan fingerprint density at radius 2 is 2.24 bits per heavy atom. The van der Waals surface area contributed by atoms with Gasteiger partial charge in [0.2, 0.25) is 5.51 Å². The molecule has 0 spiro atoms. The molecule has 0 saturated heterocycles. The van der Waals surface area contributed by atoms with Crippen LogP contribution in [0.5, 0.6) is 0 Å². The fourth-order valence-corrected chi connectivity index (χ4v) is 2.49. The number of rotatable bonds is 5. The maximum absolute atomic E-state index is 11.8. The van der Waals surface area contributed by atoms with Gasteiger partial charge in [0.25, 0.3) is 5.69 Å². The Kier molecular flexibility index (Phi) is 6.26. The van der Waals surface area contributed by atoms with E-state index in [1.807, 2.05) is 12.4 Å². The van der Waals surface area contributed by atoms with Gasteiger partial charge in [-0.25, -0.2) is 9.78 Å². The number of esters is 1. The topological polar surface area (TPSA) is 83.6 Å². The van der Waals surface area contributed by atoms with Crippen molar-refractivity contribution in [1.29, 1.82) is 0 Å². The van der Waals surface area contributed by atoms with E-state index in [0.717, 1.165) is 10.6 Å². The van der Waals surface area contributed by atoms with Crippen molar-refractivity contribution < 1.29 is 31.8 Å². The van der Waals surface area contributed by atoms with Gasteiger partial charge in [-0.15, -0.1) is 0 Å². The average molecular weight is 329 g/mol. The molecule has 1 N–H and O–H groups in total. The van der Waals surface area contributed by atoms with Gasteiger partial charge in [0.15, 0.2) is 5.69 Å². The summed E-state index contributed by atoms with van der Waals surface area (Å²) >= 11 is 1.57. The highest BCUT2D eigenvalue weighted by Crippen LogP contribution is 2.14. The number of nitro groups is 1. The van der Waals surface area contributed by atoms with Crippen molar-refractivity contribution in [2.45, 2.75) is 13.3 Å². The molecule has 112 valence electrons. The van der Waals surface area contributed by atoms with Crippen LogP contribution in [0.25, 0.3) is 0 Å². The monoisotopic (exact) mass is 328 g/mol. The molecule has 0 saturated carbocycles. The first-order chi connectivity index (χ1) is 9.58. The maximum atomic E-state index is 11.8. The standard InChI is InChI=1S/C13H12N2O4S.ClH/c1-9-12(20-8-14-9)5-6-19-13(16)10-3-2-4-11(7-10)15(17)18;/h2-4,7-8H,5-6H2,1H3;1H. The summed E-state index contributed by atoms with van der Waals surface area (Å²) in [5.74, 6) is -0.549. The normalized spacial score (nSPS) is 9.76. The summed E-state index contributed by atoms with van der Waals surface area (Å²) in [6.45, 7) is 2.20. The van der Waals surface area contributed by atoms with Gasteiger partial charge in [-0.3, -0.25) is 10.1 Å². The Labute approximate surface area is 131 Å². The third kappa shape index (κ3) is 4.51. The van der Waals surface area contributed by atoms with E-state index >= 15 is 0 Å². The van der Waals surface area contributed by atoms with Crippen LogP contribution in [0.2, 0.25) is 0 Å². The number of benzene rings is 1. The lowest BCUT2D eigenvalue weighted by Gasteiger charge is -2.03. The van der Waals surface area contributed by atoms with Crippen molar-refractivity contribution in [1.82, 2.24) is 0 Å². The second kappa shape index (κ2) is 7.70. The van der Waals surface area contributed by atoms with Crippen molar-refractivity contribution in [3.63, 3.8) is 0 Å². The Bertz CT molecular complexity index is 645. The zero-order valence-electron chi connectivity index (χ0n) is 11.2. The first-order valence-electron chi connectivity index (χ1n) is 5.94. The summed E-state index contributed by atoms with van der Waals surface area (Å²) in [5.41, 5.74) is 2.99. The molecule has 8 heteroatoms. The fourth-order valence-electron chi connectivity index (χ4n) is 1.67. The van der Waals surface area contributed by atoms with Crippen LogP contribution in [0.15, 0.2) is 29.8 Å². The van der Waals surface area contributed by atoms with E-state index in [-0.39, 0.29) is 30.3 Å². The lowest BCUT2D eigenvalue weighted by Crippen LogP contribution is -3.00. The molecule has 0 aliphatic carbocycles. The summed E-state index contributed by atoms with van der Waals surface area (Å²) in [6, 6.07) is 5.51. The van der Waals surface area contributed by atoms with E-state index in [9.17, 15) is 14.9 Å². The number of nitro benzene ring substituents is 1. The van der Waals surface area contributed by atoms with Crippen LogP contribution in [0.4, 0.5) is 5.69 Å². The number of aryl methyl sites for hydroxylation is 1. The molecule has 0 atom stereocenters. The average Bonchev–Trinajstić information content (AvgIpc) is 2.84. The molecule has 21 heavy (non-hydrogen) atoms. The van der Waals surface area contributed by atoms with Crippen molar-refractivity contribution >= 4 is 23.0 Å². The molecule has 1 aromatic heterocycles. The van der Waals surface area contributed by atoms with E-state index < -0.39 is 10.9 Å². The predicted molar refractivity (Wildman–Crippen MR) is 72.7 cm³/mol. The number of carbonyl (C=O) groups is 1. The smallest absolute Gasteiger partial charge is 0.338 e. The second-order valence-electron chi connectivity index (χ2n) is 4.12. The Hall–Kier alpha value is -1.99. The molecule has 0 bridgehead atoms. The minimum atomic E-state index is -0.549. The van der Waals surface area contributed by atoms with E-state index in [1.54, 1.807) is 11.3 Å². The van der Waals surface area contributed by atoms with E-state index in [0.29, 0.717) is 6.42 Å². The van der Waals surface area contributed by atoms with Crippen molar-refractivity contribution in [2.75, 3.05) is 6.61 Å². The lowest BCUT2D eigenvalue weighted by atomic mass is 10.2. The molecule has 0 aliphatic rings. The molecule has 2 aromatic rings. The highest BCUT2D eigenvalue weighted by atomic mass is 35.5. The maximum Gasteiger partial charge on any atom is 0.338 e. The number of thiazole rings is 1. The summed E-state index contributed by atoms with van der Waals surface area (Å²) in [4.78, 5) is 26.1. The molecule has 0 amide bonds. The third-order valence-electron chi connectivity index (χ3n) is 2.75. The Morgan fingerprint density at radius 1 is 1.48 bits per heavy atom. The number of halogens is 1. The van der Waals surface area contributed by atoms with Gasteiger partial charge in [0.05, 0.1) is 22.0 Å². The number of H-pyrrole nitrogens is 1. The highest BCUT2D eigenvalue weighted by Gasteiger charge is 2.13. The van der Waals surface area contributed by atoms with E-state index in [2.05, 4.69) is 4.98 Å². The molecule has 1 aromatic carbocycles. The number of carbonyl (C=O) groups excluding carboxylic acids is 1. The largest absolute Gasteiger partial charge is 1.00 e. The molecule has 1 heterocycles. The zero-order chi connectivity index (χ0) is 14.5. The molecular weight excluding hydrogens is 316 g/mol. The van der Waals surface area contributed by atoms with Gasteiger partial charge in [-0.1, -0.05) is 17.4 Å². The van der Waals surface area contributed by atoms with Gasteiger partial charge in [0.1, 0.15) is 0 Å². The lowest BCUT2D eigenvalue weighted by molar-refractivity contribution is -0.384. The number of nitrogens with one attached hydrogen (secondary N) is 1. The number of nitrogens with zero attached hydrogens (tertiary/aromatic N) is 1. The van der Waals surface area contributed by atoms with Gasteiger partial charge < -0.3 is 17.1 Å². The predicted octanol–water partition coefficient (Wildman–Crippen LogP) is -0.818. The van der Waals surface area contributed by atoms with Crippen LogP contribution in [-0.2, 0) is 11.2 Å². The number of non-ortho nitro benzene ring substituents is 1. The van der Waals surface area contributed by atoms with Crippen molar-refractivity contribution in [3.8, 4) is 0 Å². The van der Waals surface area contributed by atoms with Crippen LogP contribution in [0, 0.1) is 17.0 Å². The van der Waals surface area contributed by atoms with Gasteiger partial charge >= 0.3 is 5.97 Å². The fraction of sp³-hybridized carbons (Fsp3) is 0.231. The van der Waals surface area contributed by atoms with E-state index in [4.69, 9.17) is 4.74 Å². The zero-order valence-corrected chi connectivity index (χ0v) is 12.7. The quantitative estimate of drug-likeness (QED) is 0.408.